The van der Waals surface area contributed by atoms with E-state index >= 15 is 0 Å². The van der Waals surface area contributed by atoms with Crippen molar-refractivity contribution >= 4 is 18.1 Å². The molecule has 1 aromatic carbocycles. The van der Waals surface area contributed by atoms with Crippen molar-refractivity contribution in [2.24, 2.45) is 5.10 Å². The van der Waals surface area contributed by atoms with E-state index in [9.17, 15) is 14.7 Å². The Morgan fingerprint density at radius 3 is 2.68 bits per heavy atom. The van der Waals surface area contributed by atoms with Gasteiger partial charge < -0.3 is 14.6 Å². The number of aromatic nitrogens is 1. The first-order valence-electron chi connectivity index (χ1n) is 6.31. The SMILES string of the molecule is O=C([O-])COc1ccc(/C=N\NC(=O)c2cccnc2)cc1. The van der Waals surface area contributed by atoms with Crippen LogP contribution in [0.3, 0.4) is 0 Å². The van der Waals surface area contributed by atoms with Crippen molar-refractivity contribution in [3.8, 4) is 5.75 Å². The van der Waals surface area contributed by atoms with Gasteiger partial charge in [0.2, 0.25) is 0 Å². The lowest BCUT2D eigenvalue weighted by Crippen LogP contribution is -2.28. The van der Waals surface area contributed by atoms with Gasteiger partial charge in [0, 0.05) is 12.4 Å². The first kappa shape index (κ1) is 15.2. The lowest BCUT2D eigenvalue weighted by molar-refractivity contribution is -0.307. The molecule has 1 aromatic heterocycles. The normalized spacial score (nSPS) is 10.4. The summed E-state index contributed by atoms with van der Waals surface area (Å²) in [4.78, 5) is 25.8. The molecule has 2 aromatic rings. The lowest BCUT2D eigenvalue weighted by atomic mass is 10.2. The van der Waals surface area contributed by atoms with E-state index in [-0.39, 0.29) is 5.91 Å². The highest BCUT2D eigenvalue weighted by Gasteiger charge is 2.02. The summed E-state index contributed by atoms with van der Waals surface area (Å²) in [7, 11) is 0. The maximum Gasteiger partial charge on any atom is 0.272 e. The van der Waals surface area contributed by atoms with Crippen molar-refractivity contribution in [3.05, 3.63) is 59.9 Å². The molecule has 7 heteroatoms. The number of carboxylic acids is 1. The van der Waals surface area contributed by atoms with Gasteiger partial charge in [-0.25, -0.2) is 5.43 Å². The van der Waals surface area contributed by atoms with Gasteiger partial charge in [-0.15, -0.1) is 0 Å². The van der Waals surface area contributed by atoms with E-state index in [1.54, 1.807) is 42.6 Å². The van der Waals surface area contributed by atoms with Gasteiger partial charge in [-0.1, -0.05) is 0 Å². The number of carbonyl (C=O) groups excluding carboxylic acids is 2. The van der Waals surface area contributed by atoms with Crippen LogP contribution >= 0.6 is 0 Å². The molecule has 7 nitrogen and oxygen atoms in total. The van der Waals surface area contributed by atoms with Crippen LogP contribution in [-0.2, 0) is 4.79 Å². The summed E-state index contributed by atoms with van der Waals surface area (Å²) in [6.07, 6.45) is 4.47. The van der Waals surface area contributed by atoms with Crippen LogP contribution in [-0.4, -0.2) is 29.7 Å². The monoisotopic (exact) mass is 298 g/mol. The average molecular weight is 298 g/mol. The highest BCUT2D eigenvalue weighted by molar-refractivity contribution is 5.94. The molecule has 0 atom stereocenters. The predicted molar refractivity (Wildman–Crippen MR) is 76.2 cm³/mol. The molecule has 22 heavy (non-hydrogen) atoms. The van der Waals surface area contributed by atoms with E-state index in [2.05, 4.69) is 15.5 Å². The molecule has 0 unspecified atom stereocenters. The van der Waals surface area contributed by atoms with E-state index in [0.29, 0.717) is 16.9 Å². The van der Waals surface area contributed by atoms with Gasteiger partial charge in [0.05, 0.1) is 17.7 Å². The molecule has 0 bridgehead atoms. The molecule has 0 saturated carbocycles. The fraction of sp³-hybridized carbons (Fsp3) is 0.0667. The third kappa shape index (κ3) is 4.71. The Labute approximate surface area is 126 Å². The number of nitrogens with one attached hydrogen (secondary N) is 1. The zero-order valence-corrected chi connectivity index (χ0v) is 11.4. The predicted octanol–water partition coefficient (Wildman–Crippen LogP) is -0.0258. The molecule has 0 spiro atoms. The minimum absolute atomic E-state index is 0.363. The molecule has 0 fully saturated rings. The zero-order valence-electron chi connectivity index (χ0n) is 11.4. The van der Waals surface area contributed by atoms with Crippen LogP contribution in [0.1, 0.15) is 15.9 Å². The van der Waals surface area contributed by atoms with Crippen LogP contribution < -0.4 is 15.3 Å². The number of aliphatic carboxylic acids is 1. The van der Waals surface area contributed by atoms with E-state index in [0.717, 1.165) is 0 Å². The number of ether oxygens (including phenoxy) is 1. The van der Waals surface area contributed by atoms with Crippen molar-refractivity contribution < 1.29 is 19.4 Å². The van der Waals surface area contributed by atoms with Gasteiger partial charge in [0.1, 0.15) is 12.4 Å². The molecule has 2 rings (SSSR count). The second-order valence-electron chi connectivity index (χ2n) is 4.17. The highest BCUT2D eigenvalue weighted by atomic mass is 16.5. The fourth-order valence-corrected chi connectivity index (χ4v) is 1.52. The van der Waals surface area contributed by atoms with E-state index in [1.165, 1.54) is 12.4 Å². The number of hydrazone groups is 1. The van der Waals surface area contributed by atoms with Crippen molar-refractivity contribution in [1.29, 1.82) is 0 Å². The van der Waals surface area contributed by atoms with Crippen molar-refractivity contribution in [2.45, 2.75) is 0 Å². The van der Waals surface area contributed by atoms with Crippen LogP contribution in [0.25, 0.3) is 0 Å². The lowest BCUT2D eigenvalue weighted by Gasteiger charge is -2.06. The summed E-state index contributed by atoms with van der Waals surface area (Å²) in [6, 6.07) is 9.81. The highest BCUT2D eigenvalue weighted by Crippen LogP contribution is 2.10. The Bertz CT molecular complexity index is 669. The minimum atomic E-state index is -1.29. The Morgan fingerprint density at radius 1 is 1.27 bits per heavy atom. The van der Waals surface area contributed by atoms with Gasteiger partial charge in [-0.05, 0) is 42.0 Å². The molecule has 0 saturated heterocycles. The third-order valence-electron chi connectivity index (χ3n) is 2.54. The van der Waals surface area contributed by atoms with E-state index in [4.69, 9.17) is 4.74 Å². The third-order valence-corrected chi connectivity index (χ3v) is 2.54. The first-order chi connectivity index (χ1) is 10.6. The molecular formula is C15H12N3O4-. The number of hydrogen-bond acceptors (Lipinski definition) is 6. The van der Waals surface area contributed by atoms with Gasteiger partial charge in [-0.3, -0.25) is 9.78 Å². The van der Waals surface area contributed by atoms with Crippen molar-refractivity contribution in [1.82, 2.24) is 10.4 Å². The largest absolute Gasteiger partial charge is 0.546 e. The number of carboxylic acid groups (broad SMARTS) is 1. The number of amides is 1. The zero-order chi connectivity index (χ0) is 15.8. The second-order valence-corrected chi connectivity index (χ2v) is 4.17. The maximum atomic E-state index is 11.7. The van der Waals surface area contributed by atoms with Crippen LogP contribution in [0.5, 0.6) is 5.75 Å². The van der Waals surface area contributed by atoms with Gasteiger partial charge in [-0.2, -0.15) is 5.10 Å². The summed E-state index contributed by atoms with van der Waals surface area (Å²) in [6.45, 7) is -0.505. The number of benzene rings is 1. The molecule has 1 heterocycles. The molecule has 0 aliphatic carbocycles. The Morgan fingerprint density at radius 2 is 2.05 bits per heavy atom. The molecule has 1 amide bonds. The Hall–Kier alpha value is -3.22. The van der Waals surface area contributed by atoms with E-state index < -0.39 is 12.6 Å². The number of pyridine rings is 1. The smallest absolute Gasteiger partial charge is 0.272 e. The summed E-state index contributed by atoms with van der Waals surface area (Å²) >= 11 is 0. The molecule has 0 aliphatic heterocycles. The summed E-state index contributed by atoms with van der Waals surface area (Å²) in [5, 5.41) is 14.1. The number of nitrogens with zero attached hydrogens (tertiary/aromatic N) is 2. The van der Waals surface area contributed by atoms with Crippen LogP contribution in [0.2, 0.25) is 0 Å². The number of rotatable bonds is 6. The van der Waals surface area contributed by atoms with Gasteiger partial charge >= 0.3 is 0 Å². The van der Waals surface area contributed by atoms with Gasteiger partial charge in [0.15, 0.2) is 0 Å². The molecule has 0 aliphatic rings. The quantitative estimate of drug-likeness (QED) is 0.596. The van der Waals surface area contributed by atoms with Crippen LogP contribution in [0.15, 0.2) is 53.9 Å². The molecule has 0 radical (unpaired) electrons. The summed E-state index contributed by atoms with van der Waals surface area (Å²) in [5.74, 6) is -1.25. The maximum absolute atomic E-state index is 11.7. The number of carbonyl (C=O) groups is 2. The fourth-order valence-electron chi connectivity index (χ4n) is 1.52. The van der Waals surface area contributed by atoms with Crippen molar-refractivity contribution in [2.75, 3.05) is 6.61 Å². The molecular weight excluding hydrogens is 286 g/mol. The second kappa shape index (κ2) is 7.53. The van der Waals surface area contributed by atoms with Crippen LogP contribution in [0, 0.1) is 0 Å². The summed E-state index contributed by atoms with van der Waals surface area (Å²) in [5.41, 5.74) is 3.50. The van der Waals surface area contributed by atoms with E-state index in [1.807, 2.05) is 0 Å². The topological polar surface area (TPSA) is 104 Å². The number of hydrogen-bond donors (Lipinski definition) is 1. The minimum Gasteiger partial charge on any atom is -0.546 e. The Kier molecular flexibility index (Phi) is 5.20. The first-order valence-corrected chi connectivity index (χ1v) is 6.31. The van der Waals surface area contributed by atoms with Crippen LogP contribution in [0.4, 0.5) is 0 Å². The average Bonchev–Trinajstić information content (AvgIpc) is 2.55. The van der Waals surface area contributed by atoms with Crippen molar-refractivity contribution in [3.63, 3.8) is 0 Å². The standard InChI is InChI=1S/C15H13N3O4/c19-14(20)10-22-13-5-3-11(4-6-13)8-17-18-15(21)12-2-1-7-16-9-12/h1-9H,10H2,(H,18,21)(H,19,20)/p-1/b17-8-. The molecule has 1 N–H and O–H groups in total. The Balaban J connectivity index is 1.88. The summed E-state index contributed by atoms with van der Waals surface area (Å²) < 4.78 is 4.94. The molecule has 112 valence electrons. The van der Waals surface area contributed by atoms with Gasteiger partial charge in [0.25, 0.3) is 5.91 Å².